The summed E-state index contributed by atoms with van der Waals surface area (Å²) in [5, 5.41) is 9.81. The molecule has 0 saturated carbocycles. The number of nitrogens with one attached hydrogen (secondary N) is 2. The Labute approximate surface area is 165 Å². The van der Waals surface area contributed by atoms with Gasteiger partial charge in [0.1, 0.15) is 11.5 Å². The second-order valence-electron chi connectivity index (χ2n) is 6.91. The fraction of sp³-hybridized carbons (Fsp3) is 0.190. The highest BCUT2D eigenvalue weighted by Gasteiger charge is 2.14. The van der Waals surface area contributed by atoms with Crippen molar-refractivity contribution < 1.29 is 9.84 Å². The molecule has 3 heterocycles. The monoisotopic (exact) mass is 389 g/mol. The van der Waals surface area contributed by atoms with Crippen LogP contribution in [0.1, 0.15) is 0 Å². The second-order valence-corrected chi connectivity index (χ2v) is 6.91. The van der Waals surface area contributed by atoms with E-state index in [4.69, 9.17) is 9.72 Å². The summed E-state index contributed by atoms with van der Waals surface area (Å²) in [7, 11) is 0. The Morgan fingerprint density at radius 3 is 2.38 bits per heavy atom. The molecule has 1 saturated heterocycles. The lowest BCUT2D eigenvalue weighted by molar-refractivity contribution is 0.122. The highest BCUT2D eigenvalue weighted by molar-refractivity contribution is 5.83. The number of imidazole rings is 1. The van der Waals surface area contributed by atoms with E-state index in [1.54, 1.807) is 0 Å². The highest BCUT2D eigenvalue weighted by atomic mass is 16.5. The van der Waals surface area contributed by atoms with Crippen LogP contribution in [0.3, 0.4) is 0 Å². The van der Waals surface area contributed by atoms with Crippen molar-refractivity contribution in [2.24, 2.45) is 0 Å². The van der Waals surface area contributed by atoms with E-state index in [0.717, 1.165) is 46.6 Å². The fourth-order valence-corrected chi connectivity index (χ4v) is 3.54. The first-order valence-corrected chi connectivity index (χ1v) is 9.39. The molecule has 1 aliphatic rings. The minimum Gasteiger partial charge on any atom is -0.493 e. The molecule has 0 atom stereocenters. The van der Waals surface area contributed by atoms with E-state index in [2.05, 4.69) is 19.9 Å². The summed E-state index contributed by atoms with van der Waals surface area (Å²) < 4.78 is 5.41. The molecular weight excluding hydrogens is 370 g/mol. The van der Waals surface area contributed by atoms with E-state index in [9.17, 15) is 9.90 Å². The number of hydrogen-bond acceptors (Lipinski definition) is 6. The van der Waals surface area contributed by atoms with Crippen LogP contribution in [0.25, 0.3) is 33.4 Å². The minimum absolute atomic E-state index is 0.167. The van der Waals surface area contributed by atoms with Gasteiger partial charge in [0, 0.05) is 18.7 Å². The lowest BCUT2D eigenvalue weighted by atomic mass is 10.0. The van der Waals surface area contributed by atoms with Gasteiger partial charge in [0.2, 0.25) is 5.88 Å². The molecule has 146 valence electrons. The molecule has 0 bridgehead atoms. The lowest BCUT2D eigenvalue weighted by Crippen LogP contribution is -2.36. The molecule has 0 spiro atoms. The molecule has 3 N–H and O–H groups in total. The molecular formula is C21H19N5O3. The van der Waals surface area contributed by atoms with Crippen molar-refractivity contribution in [1.82, 2.24) is 19.9 Å². The zero-order valence-corrected chi connectivity index (χ0v) is 15.6. The van der Waals surface area contributed by atoms with Crippen molar-refractivity contribution in [2.45, 2.75) is 0 Å². The maximum Gasteiger partial charge on any atom is 0.326 e. The van der Waals surface area contributed by atoms with Crippen LogP contribution in [0.2, 0.25) is 0 Å². The van der Waals surface area contributed by atoms with Crippen LogP contribution in [0.4, 0.5) is 5.82 Å². The quantitative estimate of drug-likeness (QED) is 0.497. The predicted octanol–water partition coefficient (Wildman–Crippen LogP) is 2.52. The zero-order chi connectivity index (χ0) is 19.8. The largest absolute Gasteiger partial charge is 0.493 e. The number of fused-ring (bicyclic) bond motifs is 1. The van der Waals surface area contributed by atoms with E-state index in [0.29, 0.717) is 18.9 Å². The van der Waals surface area contributed by atoms with Crippen LogP contribution in [0, 0.1) is 0 Å². The SMILES string of the molecule is O=c1[nH]c(O)c(-c2ccc(-c3ccc4ncc(N5CCOCC5)nc4c3)cc2)[nH]1. The average Bonchev–Trinajstić information content (AvgIpc) is 3.11. The van der Waals surface area contributed by atoms with E-state index in [1.165, 1.54) is 0 Å². The van der Waals surface area contributed by atoms with Crippen LogP contribution >= 0.6 is 0 Å². The van der Waals surface area contributed by atoms with Crippen molar-refractivity contribution in [2.75, 3.05) is 31.2 Å². The summed E-state index contributed by atoms with van der Waals surface area (Å²) in [4.78, 5) is 27.8. The summed E-state index contributed by atoms with van der Waals surface area (Å²) in [6.07, 6.45) is 1.81. The van der Waals surface area contributed by atoms with Crippen molar-refractivity contribution >= 4 is 16.9 Å². The molecule has 1 aliphatic heterocycles. The third-order valence-corrected chi connectivity index (χ3v) is 5.08. The summed E-state index contributed by atoms with van der Waals surface area (Å²) in [5.74, 6) is 0.694. The molecule has 8 heteroatoms. The Morgan fingerprint density at radius 2 is 1.66 bits per heavy atom. The van der Waals surface area contributed by atoms with Crippen molar-refractivity contribution in [3.63, 3.8) is 0 Å². The number of anilines is 1. The molecule has 0 aliphatic carbocycles. The number of hydrogen-bond donors (Lipinski definition) is 3. The van der Waals surface area contributed by atoms with Gasteiger partial charge >= 0.3 is 5.69 Å². The number of morpholine rings is 1. The normalized spacial score (nSPS) is 14.4. The molecule has 4 aromatic rings. The number of H-pyrrole nitrogens is 2. The first-order chi connectivity index (χ1) is 14.2. The Bertz CT molecular complexity index is 1220. The molecule has 5 rings (SSSR count). The van der Waals surface area contributed by atoms with Gasteiger partial charge in [0.05, 0.1) is 30.4 Å². The Kier molecular flexibility index (Phi) is 4.25. The van der Waals surface area contributed by atoms with Gasteiger partial charge in [-0.05, 0) is 23.3 Å². The van der Waals surface area contributed by atoms with Gasteiger partial charge in [-0.2, -0.15) is 0 Å². The van der Waals surface area contributed by atoms with Gasteiger partial charge < -0.3 is 19.7 Å². The van der Waals surface area contributed by atoms with Crippen LogP contribution in [-0.2, 0) is 4.74 Å². The molecule has 1 fully saturated rings. The topological polar surface area (TPSA) is 107 Å². The number of nitrogens with zero attached hydrogens (tertiary/aromatic N) is 3. The molecule has 0 unspecified atom stereocenters. The van der Waals surface area contributed by atoms with Crippen LogP contribution in [-0.4, -0.2) is 51.3 Å². The number of ether oxygens (including phenoxy) is 1. The molecule has 8 nitrogen and oxygen atoms in total. The van der Waals surface area contributed by atoms with Gasteiger partial charge in [0.15, 0.2) is 0 Å². The summed E-state index contributed by atoms with van der Waals surface area (Å²) in [5.41, 5.74) is 4.36. The second kappa shape index (κ2) is 7.06. The van der Waals surface area contributed by atoms with E-state index in [1.807, 2.05) is 48.7 Å². The number of benzene rings is 2. The van der Waals surface area contributed by atoms with Gasteiger partial charge in [-0.1, -0.05) is 30.3 Å². The van der Waals surface area contributed by atoms with E-state index < -0.39 is 5.69 Å². The summed E-state index contributed by atoms with van der Waals surface area (Å²) >= 11 is 0. The number of aromatic amines is 2. The molecule has 29 heavy (non-hydrogen) atoms. The zero-order valence-electron chi connectivity index (χ0n) is 15.6. The third kappa shape index (κ3) is 3.34. The average molecular weight is 389 g/mol. The van der Waals surface area contributed by atoms with Crippen LogP contribution in [0.15, 0.2) is 53.5 Å². The number of aromatic hydroxyl groups is 1. The number of aromatic nitrogens is 4. The molecule has 0 amide bonds. The van der Waals surface area contributed by atoms with Gasteiger partial charge in [0.25, 0.3) is 0 Å². The van der Waals surface area contributed by atoms with Crippen LogP contribution in [0.5, 0.6) is 5.88 Å². The standard InChI is InChI=1S/C21H19N5O3/c27-20-19(24-21(28)25-20)14-3-1-13(2-4-14)15-5-6-16-17(11-15)23-18(12-22-16)26-7-9-29-10-8-26/h1-6,11-12,27H,7-10H2,(H2,24,25,28). The minimum atomic E-state index is -0.439. The molecule has 2 aromatic carbocycles. The van der Waals surface area contributed by atoms with Gasteiger partial charge in [-0.15, -0.1) is 0 Å². The van der Waals surface area contributed by atoms with Crippen LogP contribution < -0.4 is 10.6 Å². The number of rotatable bonds is 3. The summed E-state index contributed by atoms with van der Waals surface area (Å²) in [6.45, 7) is 3.03. The smallest absolute Gasteiger partial charge is 0.326 e. The van der Waals surface area contributed by atoms with Crippen molar-refractivity contribution in [3.8, 4) is 28.3 Å². The maximum atomic E-state index is 11.3. The first kappa shape index (κ1) is 17.4. The lowest BCUT2D eigenvalue weighted by Gasteiger charge is -2.27. The maximum absolute atomic E-state index is 11.3. The van der Waals surface area contributed by atoms with Crippen molar-refractivity contribution in [3.05, 3.63) is 59.1 Å². The predicted molar refractivity (Wildman–Crippen MR) is 110 cm³/mol. The third-order valence-electron chi connectivity index (χ3n) is 5.08. The fourth-order valence-electron chi connectivity index (χ4n) is 3.54. The first-order valence-electron chi connectivity index (χ1n) is 9.39. The Hall–Kier alpha value is -3.65. The van der Waals surface area contributed by atoms with Gasteiger partial charge in [-0.25, -0.2) is 9.78 Å². The van der Waals surface area contributed by atoms with E-state index in [-0.39, 0.29) is 5.88 Å². The highest BCUT2D eigenvalue weighted by Crippen LogP contribution is 2.28. The van der Waals surface area contributed by atoms with Gasteiger partial charge in [-0.3, -0.25) is 9.97 Å². The molecule has 2 aromatic heterocycles. The summed E-state index contributed by atoms with van der Waals surface area (Å²) in [6, 6.07) is 13.6. The molecule has 0 radical (unpaired) electrons. The van der Waals surface area contributed by atoms with Crippen molar-refractivity contribution in [1.29, 1.82) is 0 Å². The van der Waals surface area contributed by atoms with E-state index >= 15 is 0 Å². The Balaban J connectivity index is 1.47. The Morgan fingerprint density at radius 1 is 0.931 bits per heavy atom.